The van der Waals surface area contributed by atoms with Crippen molar-refractivity contribution in [2.75, 3.05) is 13.2 Å². The van der Waals surface area contributed by atoms with Crippen LogP contribution in [0.5, 0.6) is 0 Å². The summed E-state index contributed by atoms with van der Waals surface area (Å²) in [6.45, 7) is 9.02. The van der Waals surface area contributed by atoms with E-state index in [1.807, 2.05) is 13.8 Å². The number of fused-ring (bicyclic) bond motifs is 2. The van der Waals surface area contributed by atoms with E-state index in [0.29, 0.717) is 13.2 Å². The van der Waals surface area contributed by atoms with Crippen LogP contribution in [0.15, 0.2) is 34.6 Å². The minimum atomic E-state index is -0.228. The molecule has 0 saturated heterocycles. The maximum atomic E-state index is 5.75. The lowest BCUT2D eigenvalue weighted by molar-refractivity contribution is -0.000159. The average molecular weight is 435 g/mol. The Bertz CT molecular complexity index is 1030. The van der Waals surface area contributed by atoms with Crippen LogP contribution in [-0.2, 0) is 28.9 Å². The smallest absolute Gasteiger partial charge is 0.125 e. The maximum absolute atomic E-state index is 5.75. The molecule has 0 aliphatic heterocycles. The molecule has 2 aromatic heterocycles. The largest absolute Gasteiger partial charge is 0.395 e. The minimum Gasteiger partial charge on any atom is -0.395 e. The van der Waals surface area contributed by atoms with Gasteiger partial charge in [0, 0.05) is 16.8 Å². The molecule has 6 heteroatoms. The third-order valence-electron chi connectivity index (χ3n) is 6.09. The predicted molar refractivity (Wildman–Crippen MR) is 127 cm³/mol. The standard InChI is InChI=1S/C26H34N4O2/c1-18-12-13-21-9-7-11-24(25(21)27-18)30-32-17-26(3,4)16-31-29-19(2)22-15-14-20-8-5-6-10-23(20)28-22/h12-15H,5-11,16-17H2,1-4H3/b29-19+,30-24+. The number of hydrogen-bond acceptors (Lipinski definition) is 6. The van der Waals surface area contributed by atoms with Crippen molar-refractivity contribution in [3.63, 3.8) is 0 Å². The van der Waals surface area contributed by atoms with E-state index in [1.54, 1.807) is 0 Å². The summed E-state index contributed by atoms with van der Waals surface area (Å²) in [6.07, 6.45) is 7.70. The number of oxime groups is 2. The quantitative estimate of drug-likeness (QED) is 0.444. The fourth-order valence-corrected chi connectivity index (χ4v) is 4.15. The Balaban J connectivity index is 1.31. The van der Waals surface area contributed by atoms with Crippen molar-refractivity contribution < 1.29 is 9.68 Å². The molecule has 2 aromatic rings. The molecule has 0 bridgehead atoms. The lowest BCUT2D eigenvalue weighted by atomic mass is 9.94. The highest BCUT2D eigenvalue weighted by Crippen LogP contribution is 2.23. The second-order valence-corrected chi connectivity index (χ2v) is 9.75. The summed E-state index contributed by atoms with van der Waals surface area (Å²) in [5.41, 5.74) is 8.25. The second-order valence-electron chi connectivity index (χ2n) is 9.75. The fourth-order valence-electron chi connectivity index (χ4n) is 4.15. The Morgan fingerprint density at radius 1 is 0.906 bits per heavy atom. The van der Waals surface area contributed by atoms with E-state index in [9.17, 15) is 0 Å². The van der Waals surface area contributed by atoms with Crippen LogP contribution in [0.4, 0.5) is 0 Å². The van der Waals surface area contributed by atoms with Gasteiger partial charge in [0.2, 0.25) is 0 Å². The summed E-state index contributed by atoms with van der Waals surface area (Å²) in [7, 11) is 0. The summed E-state index contributed by atoms with van der Waals surface area (Å²) >= 11 is 0. The van der Waals surface area contributed by atoms with Crippen molar-refractivity contribution in [1.29, 1.82) is 0 Å². The van der Waals surface area contributed by atoms with Crippen LogP contribution in [0.2, 0.25) is 0 Å². The van der Waals surface area contributed by atoms with Gasteiger partial charge in [-0.15, -0.1) is 0 Å². The summed E-state index contributed by atoms with van der Waals surface area (Å²) in [6, 6.07) is 8.45. The maximum Gasteiger partial charge on any atom is 0.125 e. The lowest BCUT2D eigenvalue weighted by Crippen LogP contribution is -2.24. The summed E-state index contributed by atoms with van der Waals surface area (Å²) < 4.78 is 0. The zero-order valence-corrected chi connectivity index (χ0v) is 19.8. The van der Waals surface area contributed by atoms with Crippen molar-refractivity contribution in [2.24, 2.45) is 15.7 Å². The summed E-state index contributed by atoms with van der Waals surface area (Å²) in [5.74, 6) is 0. The van der Waals surface area contributed by atoms with Gasteiger partial charge in [-0.2, -0.15) is 0 Å². The van der Waals surface area contributed by atoms with E-state index < -0.39 is 0 Å². The Morgan fingerprint density at radius 3 is 2.53 bits per heavy atom. The van der Waals surface area contributed by atoms with Crippen LogP contribution in [0.3, 0.4) is 0 Å². The third kappa shape index (κ3) is 5.53. The Kier molecular flexibility index (Phi) is 6.87. The zero-order chi connectivity index (χ0) is 22.6. The van der Waals surface area contributed by atoms with Crippen LogP contribution >= 0.6 is 0 Å². The molecule has 0 amide bonds. The molecule has 0 radical (unpaired) electrons. The number of aryl methyl sites for hydroxylation is 4. The monoisotopic (exact) mass is 434 g/mol. The van der Waals surface area contributed by atoms with E-state index in [0.717, 1.165) is 60.6 Å². The summed E-state index contributed by atoms with van der Waals surface area (Å²) in [4.78, 5) is 20.9. The molecule has 0 N–H and O–H groups in total. The van der Waals surface area contributed by atoms with Gasteiger partial charge in [-0.25, -0.2) is 0 Å². The highest BCUT2D eigenvalue weighted by atomic mass is 16.6. The van der Waals surface area contributed by atoms with Crippen molar-refractivity contribution in [2.45, 2.75) is 72.6 Å². The van der Waals surface area contributed by atoms with Crippen LogP contribution in [0.25, 0.3) is 0 Å². The second kappa shape index (κ2) is 9.80. The van der Waals surface area contributed by atoms with Gasteiger partial charge in [-0.1, -0.05) is 36.3 Å². The highest BCUT2D eigenvalue weighted by Gasteiger charge is 2.22. The molecule has 0 atom stereocenters. The minimum absolute atomic E-state index is 0.228. The molecule has 0 fully saturated rings. The van der Waals surface area contributed by atoms with Crippen molar-refractivity contribution in [3.8, 4) is 0 Å². The topological polar surface area (TPSA) is 69.0 Å². The Labute approximate surface area is 191 Å². The molecule has 2 heterocycles. The molecule has 4 rings (SSSR count). The van der Waals surface area contributed by atoms with Gasteiger partial charge in [-0.3, -0.25) is 9.97 Å². The van der Waals surface area contributed by atoms with E-state index in [-0.39, 0.29) is 5.41 Å². The molecular weight excluding hydrogens is 400 g/mol. The molecule has 2 aliphatic carbocycles. The molecule has 0 saturated carbocycles. The molecule has 0 aromatic carbocycles. The highest BCUT2D eigenvalue weighted by molar-refractivity contribution is 6.00. The molecule has 0 unspecified atom stereocenters. The van der Waals surface area contributed by atoms with Gasteiger partial charge in [0.05, 0.1) is 11.4 Å². The van der Waals surface area contributed by atoms with Gasteiger partial charge >= 0.3 is 0 Å². The Hall–Kier alpha value is -2.76. The van der Waals surface area contributed by atoms with Crippen LogP contribution < -0.4 is 0 Å². The fraction of sp³-hybridized carbons (Fsp3) is 0.538. The van der Waals surface area contributed by atoms with Gasteiger partial charge < -0.3 is 9.68 Å². The van der Waals surface area contributed by atoms with Crippen LogP contribution in [0, 0.1) is 12.3 Å². The molecule has 32 heavy (non-hydrogen) atoms. The van der Waals surface area contributed by atoms with Crippen molar-refractivity contribution in [1.82, 2.24) is 9.97 Å². The van der Waals surface area contributed by atoms with Crippen LogP contribution in [-0.4, -0.2) is 34.6 Å². The SMILES string of the molecule is C/C(=N\OCC(C)(C)CO/N=C1\CCCc2ccc(C)nc21)c1ccc2c(n1)CCCC2. The number of aromatic nitrogens is 2. The van der Waals surface area contributed by atoms with E-state index in [4.69, 9.17) is 14.7 Å². The number of hydrogen-bond donors (Lipinski definition) is 0. The number of pyridine rings is 2. The van der Waals surface area contributed by atoms with Gasteiger partial charge in [0.1, 0.15) is 24.6 Å². The first kappa shape index (κ1) is 22.4. The van der Waals surface area contributed by atoms with Crippen LogP contribution in [0.1, 0.15) is 80.4 Å². The lowest BCUT2D eigenvalue weighted by Gasteiger charge is -2.22. The molecule has 6 nitrogen and oxygen atoms in total. The van der Waals surface area contributed by atoms with Gasteiger partial charge in [-0.05, 0) is 82.1 Å². The van der Waals surface area contributed by atoms with E-state index >= 15 is 0 Å². The number of nitrogens with zero attached hydrogens (tertiary/aromatic N) is 4. The Morgan fingerprint density at radius 2 is 1.66 bits per heavy atom. The average Bonchev–Trinajstić information content (AvgIpc) is 2.78. The first-order valence-electron chi connectivity index (χ1n) is 11.7. The zero-order valence-electron chi connectivity index (χ0n) is 19.8. The normalized spacial score (nSPS) is 17.6. The van der Waals surface area contributed by atoms with Crippen molar-refractivity contribution in [3.05, 3.63) is 58.2 Å². The number of rotatable bonds is 7. The predicted octanol–water partition coefficient (Wildman–Crippen LogP) is 5.19. The summed E-state index contributed by atoms with van der Waals surface area (Å²) in [5, 5.41) is 8.75. The van der Waals surface area contributed by atoms with Gasteiger partial charge in [0.25, 0.3) is 0 Å². The third-order valence-corrected chi connectivity index (χ3v) is 6.09. The van der Waals surface area contributed by atoms with E-state index in [2.05, 4.69) is 53.4 Å². The van der Waals surface area contributed by atoms with E-state index in [1.165, 1.54) is 29.7 Å². The molecule has 0 spiro atoms. The first-order valence-corrected chi connectivity index (χ1v) is 11.7. The molecule has 2 aliphatic rings. The van der Waals surface area contributed by atoms with Crippen molar-refractivity contribution >= 4 is 11.4 Å². The molecule has 170 valence electrons. The van der Waals surface area contributed by atoms with Gasteiger partial charge in [0.15, 0.2) is 0 Å². The molecular formula is C26H34N4O2. The first-order chi connectivity index (χ1) is 15.4.